The molecule has 0 saturated carbocycles. The Hall–Kier alpha value is -1.39. The number of aromatic nitrogens is 3. The zero-order valence-electron chi connectivity index (χ0n) is 9.44. The first-order valence-corrected chi connectivity index (χ1v) is 6.39. The molecule has 0 bridgehead atoms. The van der Waals surface area contributed by atoms with Crippen LogP contribution in [0.2, 0.25) is 5.28 Å². The van der Waals surface area contributed by atoms with E-state index in [-0.39, 0.29) is 5.28 Å². The largest absolute Gasteiger partial charge is 0.349 e. The quantitative estimate of drug-likeness (QED) is 0.628. The third-order valence-electron chi connectivity index (χ3n) is 2.69. The first-order valence-electron chi connectivity index (χ1n) is 5.19. The Morgan fingerprint density at radius 1 is 1.41 bits per heavy atom. The lowest BCUT2D eigenvalue weighted by Crippen LogP contribution is -1.85. The van der Waals surface area contributed by atoms with Crippen molar-refractivity contribution in [3.63, 3.8) is 0 Å². The van der Waals surface area contributed by atoms with Crippen LogP contribution in [0.15, 0.2) is 24.5 Å². The van der Waals surface area contributed by atoms with E-state index in [0.29, 0.717) is 0 Å². The van der Waals surface area contributed by atoms with Crippen LogP contribution in [0.25, 0.3) is 21.5 Å². The highest BCUT2D eigenvalue weighted by Gasteiger charge is 2.12. The first kappa shape index (κ1) is 10.7. The Balaban J connectivity index is 2.30. The normalized spacial score (nSPS) is 11.2. The molecule has 0 N–H and O–H groups in total. The highest BCUT2D eigenvalue weighted by atomic mass is 35.5. The Labute approximate surface area is 108 Å². The lowest BCUT2D eigenvalue weighted by Gasteiger charge is -1.97. The molecule has 5 heteroatoms. The zero-order valence-corrected chi connectivity index (χ0v) is 11.0. The maximum Gasteiger partial charge on any atom is 0.222 e. The molecule has 0 aromatic carbocycles. The average Bonchev–Trinajstić information content (AvgIpc) is 2.79. The van der Waals surface area contributed by atoms with Gasteiger partial charge in [0, 0.05) is 29.9 Å². The minimum Gasteiger partial charge on any atom is -0.349 e. The minimum absolute atomic E-state index is 0.285. The summed E-state index contributed by atoms with van der Waals surface area (Å²) in [4.78, 5) is 9.47. The van der Waals surface area contributed by atoms with E-state index in [2.05, 4.69) is 33.7 Å². The predicted octanol–water partition coefficient (Wildman–Crippen LogP) is 3.66. The monoisotopic (exact) mass is 263 g/mol. The first-order chi connectivity index (χ1) is 8.15. The molecule has 86 valence electrons. The summed E-state index contributed by atoms with van der Waals surface area (Å²) in [5, 5.41) is 0.285. The molecule has 3 aromatic rings. The Kier molecular flexibility index (Phi) is 2.42. The molecule has 0 atom stereocenters. The second-order valence-electron chi connectivity index (χ2n) is 3.94. The van der Waals surface area contributed by atoms with E-state index in [9.17, 15) is 0 Å². The summed E-state index contributed by atoms with van der Waals surface area (Å²) < 4.78 is 3.37. The third kappa shape index (κ3) is 1.73. The van der Waals surface area contributed by atoms with Gasteiger partial charge in [-0.3, -0.25) is 0 Å². The SMILES string of the molecule is Cc1cc2c(s1)c(-c1ccnc(Cl)n1)cn2C. The van der Waals surface area contributed by atoms with E-state index >= 15 is 0 Å². The van der Waals surface area contributed by atoms with Crippen molar-refractivity contribution < 1.29 is 0 Å². The van der Waals surface area contributed by atoms with Gasteiger partial charge in [0.15, 0.2) is 0 Å². The summed E-state index contributed by atoms with van der Waals surface area (Å²) in [7, 11) is 2.04. The fourth-order valence-electron chi connectivity index (χ4n) is 1.94. The minimum atomic E-state index is 0.285. The molecule has 0 aliphatic rings. The molecule has 0 aliphatic heterocycles. The number of hydrogen-bond donors (Lipinski definition) is 0. The van der Waals surface area contributed by atoms with Gasteiger partial charge in [0.25, 0.3) is 0 Å². The van der Waals surface area contributed by atoms with Crippen molar-refractivity contribution >= 4 is 33.2 Å². The van der Waals surface area contributed by atoms with Crippen molar-refractivity contribution in [2.75, 3.05) is 0 Å². The molecule has 0 saturated heterocycles. The van der Waals surface area contributed by atoms with Crippen molar-refractivity contribution in [3.05, 3.63) is 34.7 Å². The molecule has 0 aliphatic carbocycles. The maximum atomic E-state index is 5.83. The van der Waals surface area contributed by atoms with Crippen molar-refractivity contribution in [1.29, 1.82) is 0 Å². The molecule has 17 heavy (non-hydrogen) atoms. The van der Waals surface area contributed by atoms with Crippen LogP contribution in [0.1, 0.15) is 4.88 Å². The fraction of sp³-hybridized carbons (Fsp3) is 0.167. The van der Waals surface area contributed by atoms with Gasteiger partial charge in [-0.2, -0.15) is 0 Å². The van der Waals surface area contributed by atoms with Crippen molar-refractivity contribution in [2.24, 2.45) is 7.05 Å². The smallest absolute Gasteiger partial charge is 0.222 e. The van der Waals surface area contributed by atoms with Crippen molar-refractivity contribution in [3.8, 4) is 11.3 Å². The zero-order chi connectivity index (χ0) is 12.0. The molecule has 0 spiro atoms. The highest BCUT2D eigenvalue weighted by molar-refractivity contribution is 7.19. The van der Waals surface area contributed by atoms with Gasteiger partial charge in [-0.05, 0) is 30.7 Å². The lowest BCUT2D eigenvalue weighted by atomic mass is 10.2. The van der Waals surface area contributed by atoms with Gasteiger partial charge in [0.2, 0.25) is 5.28 Å². The lowest BCUT2D eigenvalue weighted by molar-refractivity contribution is 0.969. The molecule has 0 unspecified atom stereocenters. The fourth-order valence-corrected chi connectivity index (χ4v) is 3.16. The van der Waals surface area contributed by atoms with Gasteiger partial charge < -0.3 is 4.57 Å². The molecule has 0 fully saturated rings. The number of hydrogen-bond acceptors (Lipinski definition) is 3. The van der Waals surface area contributed by atoms with Gasteiger partial charge in [-0.25, -0.2) is 9.97 Å². The maximum absolute atomic E-state index is 5.83. The molecule has 3 aromatic heterocycles. The number of halogens is 1. The highest BCUT2D eigenvalue weighted by Crippen LogP contribution is 2.35. The van der Waals surface area contributed by atoms with Crippen LogP contribution in [0.5, 0.6) is 0 Å². The predicted molar refractivity (Wildman–Crippen MR) is 71.6 cm³/mol. The van der Waals surface area contributed by atoms with Crippen LogP contribution in [0.4, 0.5) is 0 Å². The van der Waals surface area contributed by atoms with Crippen LogP contribution >= 0.6 is 22.9 Å². The summed E-state index contributed by atoms with van der Waals surface area (Å²) in [6.45, 7) is 2.11. The number of thiophene rings is 1. The van der Waals surface area contributed by atoms with E-state index in [1.807, 2.05) is 13.1 Å². The molecule has 3 rings (SSSR count). The second-order valence-corrected chi connectivity index (χ2v) is 5.53. The van der Waals surface area contributed by atoms with E-state index in [1.54, 1.807) is 17.5 Å². The number of nitrogens with zero attached hydrogens (tertiary/aromatic N) is 3. The topological polar surface area (TPSA) is 30.7 Å². The summed E-state index contributed by atoms with van der Waals surface area (Å²) in [6, 6.07) is 4.07. The molecule has 3 heterocycles. The van der Waals surface area contributed by atoms with E-state index in [4.69, 9.17) is 11.6 Å². The van der Waals surface area contributed by atoms with E-state index in [1.165, 1.54) is 15.1 Å². The van der Waals surface area contributed by atoms with Crippen LogP contribution in [-0.4, -0.2) is 14.5 Å². The summed E-state index contributed by atoms with van der Waals surface area (Å²) in [5.74, 6) is 0. The molecule has 0 radical (unpaired) electrons. The van der Waals surface area contributed by atoms with Crippen LogP contribution in [0.3, 0.4) is 0 Å². The van der Waals surface area contributed by atoms with Gasteiger partial charge in [-0.15, -0.1) is 11.3 Å². The van der Waals surface area contributed by atoms with Gasteiger partial charge in [-0.1, -0.05) is 0 Å². The summed E-state index contributed by atoms with van der Waals surface area (Å²) in [5.41, 5.74) is 3.22. The Morgan fingerprint density at radius 3 is 3.00 bits per heavy atom. The number of fused-ring (bicyclic) bond motifs is 1. The number of aryl methyl sites for hydroxylation is 2. The average molecular weight is 264 g/mol. The van der Waals surface area contributed by atoms with E-state index in [0.717, 1.165) is 11.3 Å². The second kappa shape index (κ2) is 3.82. The standard InChI is InChI=1S/C12H10ClN3S/c1-7-5-10-11(17-7)8(6-16(10)2)9-3-4-14-12(13)15-9/h3-6H,1-2H3. The van der Waals surface area contributed by atoms with Crippen LogP contribution < -0.4 is 0 Å². The van der Waals surface area contributed by atoms with Crippen LogP contribution in [0, 0.1) is 6.92 Å². The molecular formula is C12H10ClN3S. The van der Waals surface area contributed by atoms with Gasteiger partial charge in [0.1, 0.15) is 0 Å². The van der Waals surface area contributed by atoms with Gasteiger partial charge in [0.05, 0.1) is 15.9 Å². The Bertz CT molecular complexity index is 699. The molecule has 3 nitrogen and oxygen atoms in total. The third-order valence-corrected chi connectivity index (χ3v) is 3.94. The van der Waals surface area contributed by atoms with Crippen molar-refractivity contribution in [2.45, 2.75) is 6.92 Å². The summed E-state index contributed by atoms with van der Waals surface area (Å²) in [6.07, 6.45) is 3.77. The Morgan fingerprint density at radius 2 is 2.24 bits per heavy atom. The van der Waals surface area contributed by atoms with Crippen molar-refractivity contribution in [1.82, 2.24) is 14.5 Å². The molecular weight excluding hydrogens is 254 g/mol. The molecule has 0 amide bonds. The number of rotatable bonds is 1. The summed E-state index contributed by atoms with van der Waals surface area (Å²) >= 11 is 7.61. The van der Waals surface area contributed by atoms with E-state index < -0.39 is 0 Å². The van der Waals surface area contributed by atoms with Crippen LogP contribution in [-0.2, 0) is 7.05 Å². The van der Waals surface area contributed by atoms with Gasteiger partial charge >= 0.3 is 0 Å².